The number of benzene rings is 1. The summed E-state index contributed by atoms with van der Waals surface area (Å²) in [4.78, 5) is 13.9. The van der Waals surface area contributed by atoms with Crippen molar-refractivity contribution in [2.24, 2.45) is 5.92 Å². The lowest BCUT2D eigenvalue weighted by Gasteiger charge is -2.21. The van der Waals surface area contributed by atoms with Crippen LogP contribution in [0.5, 0.6) is 0 Å². The molecular formula is C14H18Cl2N4O. The normalized spacial score (nSPS) is 12.0. The van der Waals surface area contributed by atoms with Crippen LogP contribution in [-0.2, 0) is 4.79 Å². The van der Waals surface area contributed by atoms with E-state index in [0.717, 1.165) is 0 Å². The maximum absolute atomic E-state index is 12.1. The maximum atomic E-state index is 12.1. The molecule has 1 aromatic carbocycles. The number of anilines is 2. The SMILES string of the molecule is CCN(CC(=O)Nc1c(N)cc(Cl)cc1Cl)CC(C)C#N. The summed E-state index contributed by atoms with van der Waals surface area (Å²) in [6.07, 6.45) is 0. The molecule has 0 bridgehead atoms. The van der Waals surface area contributed by atoms with Gasteiger partial charge in [-0.15, -0.1) is 0 Å². The van der Waals surface area contributed by atoms with Crippen molar-refractivity contribution in [3.05, 3.63) is 22.2 Å². The van der Waals surface area contributed by atoms with Crippen LogP contribution in [0.15, 0.2) is 12.1 Å². The lowest BCUT2D eigenvalue weighted by atomic mass is 10.2. The van der Waals surface area contributed by atoms with E-state index in [1.54, 1.807) is 0 Å². The van der Waals surface area contributed by atoms with Gasteiger partial charge in [-0.2, -0.15) is 5.26 Å². The Bertz CT molecular complexity index is 533. The number of rotatable bonds is 6. The maximum Gasteiger partial charge on any atom is 0.238 e. The molecule has 1 unspecified atom stereocenters. The topological polar surface area (TPSA) is 82.2 Å². The molecule has 1 rings (SSSR count). The Morgan fingerprint density at radius 2 is 2.19 bits per heavy atom. The molecule has 21 heavy (non-hydrogen) atoms. The van der Waals surface area contributed by atoms with Crippen molar-refractivity contribution in [1.82, 2.24) is 4.90 Å². The first-order valence-electron chi connectivity index (χ1n) is 6.53. The van der Waals surface area contributed by atoms with Crippen molar-refractivity contribution in [3.63, 3.8) is 0 Å². The van der Waals surface area contributed by atoms with Gasteiger partial charge in [0.05, 0.1) is 34.9 Å². The predicted octanol–water partition coefficient (Wildman–Crippen LogP) is 3.00. The first-order valence-corrected chi connectivity index (χ1v) is 7.29. The molecule has 1 atom stereocenters. The van der Waals surface area contributed by atoms with E-state index in [1.165, 1.54) is 12.1 Å². The number of carbonyl (C=O) groups is 1. The molecule has 5 nitrogen and oxygen atoms in total. The molecule has 0 fully saturated rings. The van der Waals surface area contributed by atoms with Gasteiger partial charge >= 0.3 is 0 Å². The Hall–Kier alpha value is -1.48. The molecule has 7 heteroatoms. The molecule has 1 aromatic rings. The number of nitrogens with zero attached hydrogens (tertiary/aromatic N) is 2. The van der Waals surface area contributed by atoms with Crippen molar-refractivity contribution >= 4 is 40.5 Å². The van der Waals surface area contributed by atoms with Crippen LogP contribution in [0.2, 0.25) is 10.0 Å². The largest absolute Gasteiger partial charge is 0.397 e. The zero-order valence-corrected chi connectivity index (χ0v) is 13.5. The minimum absolute atomic E-state index is 0.137. The molecule has 0 spiro atoms. The number of carbonyl (C=O) groups excluding carboxylic acids is 1. The van der Waals surface area contributed by atoms with Gasteiger partial charge in [-0.25, -0.2) is 0 Å². The molecule has 0 heterocycles. The average Bonchev–Trinajstić information content (AvgIpc) is 2.41. The van der Waals surface area contributed by atoms with Crippen molar-refractivity contribution in [1.29, 1.82) is 5.26 Å². The molecule has 0 saturated heterocycles. The summed E-state index contributed by atoms with van der Waals surface area (Å²) in [7, 11) is 0. The van der Waals surface area contributed by atoms with Crippen LogP contribution in [0.25, 0.3) is 0 Å². The minimum atomic E-state index is -0.238. The standard InChI is InChI=1S/C14H18Cl2N4O/c1-3-20(7-9(2)6-17)8-13(21)19-14-11(16)4-10(15)5-12(14)18/h4-5,9H,3,7-8,18H2,1-2H3,(H,19,21). The van der Waals surface area contributed by atoms with E-state index in [1.807, 2.05) is 18.7 Å². The Morgan fingerprint density at radius 3 is 2.71 bits per heavy atom. The zero-order valence-electron chi connectivity index (χ0n) is 12.0. The first-order chi connectivity index (χ1) is 9.87. The van der Waals surface area contributed by atoms with Gasteiger partial charge < -0.3 is 11.1 Å². The highest BCUT2D eigenvalue weighted by Crippen LogP contribution is 2.31. The fraction of sp³-hybridized carbons (Fsp3) is 0.429. The molecule has 3 N–H and O–H groups in total. The van der Waals surface area contributed by atoms with Gasteiger partial charge in [0.2, 0.25) is 5.91 Å². The average molecular weight is 329 g/mol. The van der Waals surface area contributed by atoms with E-state index in [2.05, 4.69) is 11.4 Å². The van der Waals surface area contributed by atoms with Gasteiger partial charge in [-0.1, -0.05) is 30.1 Å². The molecule has 0 saturated carbocycles. The predicted molar refractivity (Wildman–Crippen MR) is 86.4 cm³/mol. The highest BCUT2D eigenvalue weighted by Gasteiger charge is 2.15. The molecule has 0 aliphatic carbocycles. The van der Waals surface area contributed by atoms with Crippen LogP contribution >= 0.6 is 23.2 Å². The number of nitrogen functional groups attached to an aromatic ring is 1. The van der Waals surface area contributed by atoms with Crippen LogP contribution in [-0.4, -0.2) is 30.4 Å². The van der Waals surface area contributed by atoms with Gasteiger partial charge in [0.15, 0.2) is 0 Å². The Labute approximate surface area is 134 Å². The summed E-state index contributed by atoms with van der Waals surface area (Å²) in [5.74, 6) is -0.375. The van der Waals surface area contributed by atoms with E-state index in [0.29, 0.717) is 34.5 Å². The molecule has 0 radical (unpaired) electrons. The lowest BCUT2D eigenvalue weighted by molar-refractivity contribution is -0.117. The Kier molecular flexibility index (Phi) is 6.76. The first kappa shape index (κ1) is 17.6. The number of amides is 1. The number of nitrogens with two attached hydrogens (primary N) is 1. The van der Waals surface area contributed by atoms with Crippen molar-refractivity contribution in [3.8, 4) is 6.07 Å². The van der Waals surface area contributed by atoms with Crippen molar-refractivity contribution in [2.45, 2.75) is 13.8 Å². The van der Waals surface area contributed by atoms with Crippen LogP contribution in [0.4, 0.5) is 11.4 Å². The quantitative estimate of drug-likeness (QED) is 0.786. The fourth-order valence-electron chi connectivity index (χ4n) is 1.84. The summed E-state index contributed by atoms with van der Waals surface area (Å²) >= 11 is 11.8. The van der Waals surface area contributed by atoms with Crippen LogP contribution in [0, 0.1) is 17.2 Å². The second-order valence-corrected chi connectivity index (χ2v) is 5.60. The monoisotopic (exact) mass is 328 g/mol. The van der Waals surface area contributed by atoms with Gasteiger partial charge in [-0.05, 0) is 25.6 Å². The van der Waals surface area contributed by atoms with E-state index in [9.17, 15) is 4.79 Å². The zero-order chi connectivity index (χ0) is 16.0. The second-order valence-electron chi connectivity index (χ2n) is 4.76. The Morgan fingerprint density at radius 1 is 1.52 bits per heavy atom. The van der Waals surface area contributed by atoms with Crippen LogP contribution in [0.3, 0.4) is 0 Å². The molecule has 0 aliphatic heterocycles. The molecule has 1 amide bonds. The smallest absolute Gasteiger partial charge is 0.238 e. The third kappa shape index (κ3) is 5.43. The molecule has 0 aromatic heterocycles. The number of nitriles is 1. The third-order valence-electron chi connectivity index (χ3n) is 2.92. The molecule has 0 aliphatic rings. The summed E-state index contributed by atoms with van der Waals surface area (Å²) < 4.78 is 0. The summed E-state index contributed by atoms with van der Waals surface area (Å²) in [6.45, 7) is 5.12. The van der Waals surface area contributed by atoms with Crippen LogP contribution < -0.4 is 11.1 Å². The number of hydrogen-bond acceptors (Lipinski definition) is 4. The number of hydrogen-bond donors (Lipinski definition) is 2. The summed E-state index contributed by atoms with van der Waals surface area (Å²) in [5.41, 5.74) is 6.47. The number of nitrogens with one attached hydrogen (secondary N) is 1. The van der Waals surface area contributed by atoms with Crippen molar-refractivity contribution in [2.75, 3.05) is 30.7 Å². The minimum Gasteiger partial charge on any atom is -0.397 e. The van der Waals surface area contributed by atoms with Gasteiger partial charge in [0.1, 0.15) is 0 Å². The van der Waals surface area contributed by atoms with Crippen molar-refractivity contribution < 1.29 is 4.79 Å². The van der Waals surface area contributed by atoms with Gasteiger partial charge in [0, 0.05) is 11.6 Å². The van der Waals surface area contributed by atoms with Crippen LogP contribution in [0.1, 0.15) is 13.8 Å². The molecular weight excluding hydrogens is 311 g/mol. The third-order valence-corrected chi connectivity index (χ3v) is 3.43. The van der Waals surface area contributed by atoms with E-state index in [4.69, 9.17) is 34.2 Å². The Balaban J connectivity index is 2.71. The second kappa shape index (κ2) is 8.08. The summed E-state index contributed by atoms with van der Waals surface area (Å²) in [6, 6.07) is 5.19. The van der Waals surface area contributed by atoms with Gasteiger partial charge in [0.25, 0.3) is 0 Å². The highest BCUT2D eigenvalue weighted by atomic mass is 35.5. The number of halogens is 2. The molecule has 114 valence electrons. The fourth-order valence-corrected chi connectivity index (χ4v) is 2.40. The number of likely N-dealkylation sites (N-methyl/N-ethyl adjacent to an activating group) is 1. The van der Waals surface area contributed by atoms with E-state index < -0.39 is 0 Å². The van der Waals surface area contributed by atoms with Gasteiger partial charge in [-0.3, -0.25) is 9.69 Å². The highest BCUT2D eigenvalue weighted by molar-refractivity contribution is 6.37. The summed E-state index contributed by atoms with van der Waals surface area (Å²) in [5, 5.41) is 12.2. The van der Waals surface area contributed by atoms with E-state index >= 15 is 0 Å². The lowest BCUT2D eigenvalue weighted by Crippen LogP contribution is -2.36. The van der Waals surface area contributed by atoms with E-state index in [-0.39, 0.29) is 18.4 Å².